The Labute approximate surface area is 106 Å². The van der Waals surface area contributed by atoms with E-state index in [0.717, 1.165) is 25.2 Å². The first-order valence-corrected chi connectivity index (χ1v) is 6.26. The van der Waals surface area contributed by atoms with Crippen molar-refractivity contribution in [1.29, 1.82) is 0 Å². The molecule has 0 atom stereocenters. The highest BCUT2D eigenvalue weighted by atomic mass is 35.5. The lowest BCUT2D eigenvalue weighted by atomic mass is 9.61. The average molecular weight is 254 g/mol. The van der Waals surface area contributed by atoms with Crippen molar-refractivity contribution in [3.8, 4) is 0 Å². The molecule has 0 amide bonds. The number of nitrogens with zero attached hydrogens (tertiary/aromatic N) is 3. The van der Waals surface area contributed by atoms with Gasteiger partial charge in [0.1, 0.15) is 17.3 Å². The van der Waals surface area contributed by atoms with Gasteiger partial charge in [-0.25, -0.2) is 9.97 Å². The number of anilines is 1. The average Bonchev–Trinajstić information content (AvgIpc) is 2.70. The van der Waals surface area contributed by atoms with E-state index in [1.807, 2.05) is 13.8 Å². The standard InChI is InChI=1S/C12H16ClN3O/c1-11(2,17)12-4-8(5-12)16(6-12)10-3-9(13)14-7-15-10/h3,7-8,17H,4-6H2,1-2H3. The zero-order valence-electron chi connectivity index (χ0n) is 10.0. The van der Waals surface area contributed by atoms with E-state index in [1.54, 1.807) is 6.07 Å². The van der Waals surface area contributed by atoms with E-state index in [0.29, 0.717) is 11.2 Å². The largest absolute Gasteiger partial charge is 0.390 e. The molecule has 4 rings (SSSR count). The summed E-state index contributed by atoms with van der Waals surface area (Å²) >= 11 is 5.88. The maximum absolute atomic E-state index is 10.2. The molecule has 5 heteroatoms. The molecule has 2 aliphatic heterocycles. The first-order valence-electron chi connectivity index (χ1n) is 5.88. The second-order valence-corrected chi connectivity index (χ2v) is 6.12. The van der Waals surface area contributed by atoms with Crippen LogP contribution in [0.25, 0.3) is 0 Å². The van der Waals surface area contributed by atoms with E-state index in [4.69, 9.17) is 11.6 Å². The molecular formula is C12H16ClN3O. The van der Waals surface area contributed by atoms with Crippen LogP contribution < -0.4 is 4.90 Å². The highest BCUT2D eigenvalue weighted by Crippen LogP contribution is 2.58. The van der Waals surface area contributed by atoms with Crippen molar-refractivity contribution in [2.45, 2.75) is 38.3 Å². The number of aromatic nitrogens is 2. The van der Waals surface area contributed by atoms with Crippen LogP contribution in [0.2, 0.25) is 5.15 Å². The van der Waals surface area contributed by atoms with Crippen LogP contribution in [0.15, 0.2) is 12.4 Å². The Morgan fingerprint density at radius 1 is 1.47 bits per heavy atom. The molecule has 1 saturated carbocycles. The summed E-state index contributed by atoms with van der Waals surface area (Å²) in [6, 6.07) is 2.28. The number of hydrogen-bond donors (Lipinski definition) is 1. The molecule has 1 N–H and O–H groups in total. The molecule has 2 saturated heterocycles. The summed E-state index contributed by atoms with van der Waals surface area (Å²) in [5.41, 5.74) is -0.607. The second kappa shape index (κ2) is 3.33. The molecule has 2 bridgehead atoms. The number of rotatable bonds is 2. The van der Waals surface area contributed by atoms with Crippen LogP contribution in [-0.4, -0.2) is 33.3 Å². The topological polar surface area (TPSA) is 49.2 Å². The summed E-state index contributed by atoms with van der Waals surface area (Å²) in [5, 5.41) is 10.7. The lowest BCUT2D eigenvalue weighted by Crippen LogP contribution is -2.50. The zero-order valence-corrected chi connectivity index (χ0v) is 10.8. The summed E-state index contributed by atoms with van der Waals surface area (Å²) in [4.78, 5) is 10.4. The van der Waals surface area contributed by atoms with Gasteiger partial charge in [0.15, 0.2) is 0 Å². The fourth-order valence-electron chi connectivity index (χ4n) is 3.09. The van der Waals surface area contributed by atoms with Gasteiger partial charge in [-0.05, 0) is 26.7 Å². The van der Waals surface area contributed by atoms with Gasteiger partial charge in [0.2, 0.25) is 0 Å². The molecular weight excluding hydrogens is 238 g/mol. The van der Waals surface area contributed by atoms with Gasteiger partial charge in [-0.3, -0.25) is 0 Å². The summed E-state index contributed by atoms with van der Waals surface area (Å²) in [5.74, 6) is 0.874. The first-order chi connectivity index (χ1) is 7.91. The molecule has 17 heavy (non-hydrogen) atoms. The minimum atomic E-state index is -0.630. The Kier molecular flexibility index (Phi) is 2.20. The van der Waals surface area contributed by atoms with Crippen LogP contribution in [0, 0.1) is 5.41 Å². The first kappa shape index (κ1) is 11.2. The lowest BCUT2D eigenvalue weighted by Gasteiger charge is -2.45. The quantitative estimate of drug-likeness (QED) is 0.818. The molecule has 4 nitrogen and oxygen atoms in total. The molecule has 3 fully saturated rings. The lowest BCUT2D eigenvalue weighted by molar-refractivity contribution is -0.0754. The van der Waals surface area contributed by atoms with Crippen LogP contribution >= 0.6 is 11.6 Å². The van der Waals surface area contributed by atoms with E-state index < -0.39 is 5.60 Å². The summed E-state index contributed by atoms with van der Waals surface area (Å²) in [6.45, 7) is 4.66. The highest BCUT2D eigenvalue weighted by Gasteiger charge is 2.62. The van der Waals surface area contributed by atoms with E-state index in [1.165, 1.54) is 6.33 Å². The zero-order chi connectivity index (χ0) is 12.3. The highest BCUT2D eigenvalue weighted by molar-refractivity contribution is 6.29. The minimum Gasteiger partial charge on any atom is -0.390 e. The Balaban J connectivity index is 1.86. The number of hydrogen-bond acceptors (Lipinski definition) is 4. The number of fused-ring (bicyclic) bond motifs is 1. The van der Waals surface area contributed by atoms with Gasteiger partial charge < -0.3 is 10.0 Å². The van der Waals surface area contributed by atoms with Crippen molar-refractivity contribution < 1.29 is 5.11 Å². The van der Waals surface area contributed by atoms with Crippen molar-refractivity contribution in [1.82, 2.24) is 9.97 Å². The normalized spacial score (nSPS) is 31.5. The molecule has 3 aliphatic rings. The Morgan fingerprint density at radius 3 is 2.71 bits per heavy atom. The van der Waals surface area contributed by atoms with Crippen molar-refractivity contribution >= 4 is 17.4 Å². The van der Waals surface area contributed by atoms with Gasteiger partial charge in [0.05, 0.1) is 5.60 Å². The van der Waals surface area contributed by atoms with Gasteiger partial charge in [-0.15, -0.1) is 0 Å². The van der Waals surface area contributed by atoms with Gasteiger partial charge >= 0.3 is 0 Å². The maximum atomic E-state index is 10.2. The Bertz CT molecular complexity index is 451. The Hall–Kier alpha value is -0.870. The second-order valence-electron chi connectivity index (χ2n) is 5.73. The van der Waals surface area contributed by atoms with E-state index in [2.05, 4.69) is 14.9 Å². The van der Waals surface area contributed by atoms with Crippen molar-refractivity contribution in [2.24, 2.45) is 5.41 Å². The van der Waals surface area contributed by atoms with Crippen LogP contribution in [0.1, 0.15) is 26.7 Å². The van der Waals surface area contributed by atoms with Crippen molar-refractivity contribution in [3.63, 3.8) is 0 Å². The number of halogens is 1. The molecule has 3 heterocycles. The fraction of sp³-hybridized carbons (Fsp3) is 0.667. The van der Waals surface area contributed by atoms with Gasteiger partial charge in [-0.1, -0.05) is 11.6 Å². The summed E-state index contributed by atoms with van der Waals surface area (Å²) in [6.07, 6.45) is 3.57. The van der Waals surface area contributed by atoms with Crippen LogP contribution in [0.3, 0.4) is 0 Å². The SMILES string of the molecule is CC(C)(O)C12CC(C1)N(c1cc(Cl)ncn1)C2. The smallest absolute Gasteiger partial charge is 0.134 e. The predicted octanol–water partition coefficient (Wildman–Crippen LogP) is 1.87. The Morgan fingerprint density at radius 2 is 2.18 bits per heavy atom. The molecule has 1 aliphatic carbocycles. The predicted molar refractivity (Wildman–Crippen MR) is 66.1 cm³/mol. The minimum absolute atomic E-state index is 0.0229. The van der Waals surface area contributed by atoms with Crippen LogP contribution in [0.5, 0.6) is 0 Å². The maximum Gasteiger partial charge on any atom is 0.134 e. The van der Waals surface area contributed by atoms with Crippen molar-refractivity contribution in [3.05, 3.63) is 17.5 Å². The van der Waals surface area contributed by atoms with Crippen molar-refractivity contribution in [2.75, 3.05) is 11.4 Å². The van der Waals surface area contributed by atoms with Gasteiger partial charge in [-0.2, -0.15) is 0 Å². The molecule has 0 spiro atoms. The third kappa shape index (κ3) is 1.54. The molecule has 1 aromatic rings. The molecule has 0 aromatic carbocycles. The summed E-state index contributed by atoms with van der Waals surface area (Å²) in [7, 11) is 0. The molecule has 0 radical (unpaired) electrons. The van der Waals surface area contributed by atoms with Crippen LogP contribution in [-0.2, 0) is 0 Å². The van der Waals surface area contributed by atoms with E-state index in [-0.39, 0.29) is 5.41 Å². The number of aliphatic hydroxyl groups is 1. The fourth-order valence-corrected chi connectivity index (χ4v) is 3.23. The molecule has 0 unspecified atom stereocenters. The molecule has 1 aromatic heterocycles. The molecule has 92 valence electrons. The van der Waals surface area contributed by atoms with Gasteiger partial charge in [0, 0.05) is 24.1 Å². The van der Waals surface area contributed by atoms with E-state index >= 15 is 0 Å². The monoisotopic (exact) mass is 253 g/mol. The van der Waals surface area contributed by atoms with Gasteiger partial charge in [0.25, 0.3) is 0 Å². The third-order valence-corrected chi connectivity index (χ3v) is 4.58. The van der Waals surface area contributed by atoms with Crippen LogP contribution in [0.4, 0.5) is 5.82 Å². The van der Waals surface area contributed by atoms with E-state index in [9.17, 15) is 5.11 Å². The summed E-state index contributed by atoms with van der Waals surface area (Å²) < 4.78 is 0. The third-order valence-electron chi connectivity index (χ3n) is 4.38.